The second-order valence-electron chi connectivity index (χ2n) is 2.60. The van der Waals surface area contributed by atoms with E-state index in [2.05, 4.69) is 0 Å². The van der Waals surface area contributed by atoms with Crippen molar-refractivity contribution in [2.24, 2.45) is 0 Å². The molecule has 0 heterocycles. The molecule has 0 aliphatic heterocycles. The van der Waals surface area contributed by atoms with Gasteiger partial charge in [-0.1, -0.05) is 0 Å². The van der Waals surface area contributed by atoms with E-state index in [1.54, 1.807) is 0 Å². The molecule has 0 N–H and O–H groups in total. The summed E-state index contributed by atoms with van der Waals surface area (Å²) in [6.07, 6.45) is 0.0335. The number of hydrogen-bond acceptors (Lipinski definition) is 3. The molecule has 0 saturated carbocycles. The van der Waals surface area contributed by atoms with Gasteiger partial charge in [-0.15, -0.1) is 0 Å². The van der Waals surface area contributed by atoms with Crippen molar-refractivity contribution in [2.75, 3.05) is 0 Å². The van der Waals surface area contributed by atoms with Crippen LogP contribution in [-0.2, 0) is 9.05 Å². The van der Waals surface area contributed by atoms with Gasteiger partial charge in [0.25, 0.3) is 7.58 Å². The maximum Gasteiger partial charge on any atom is 0.272 e. The van der Waals surface area contributed by atoms with E-state index in [-0.39, 0.29) is 24.0 Å². The third-order valence-corrected chi connectivity index (χ3v) is 2.80. The molecule has 0 aromatic heterocycles. The minimum atomic E-state index is -1.39. The summed E-state index contributed by atoms with van der Waals surface area (Å²) in [5, 5.41) is 0. The zero-order valence-electron chi connectivity index (χ0n) is 7.20. The van der Waals surface area contributed by atoms with E-state index in [1.165, 1.54) is 0 Å². The Hall–Kier alpha value is 0.630. The van der Waals surface area contributed by atoms with Crippen molar-refractivity contribution in [2.45, 2.75) is 39.9 Å². The van der Waals surface area contributed by atoms with E-state index in [1.807, 2.05) is 27.7 Å². The Balaban J connectivity index is 3.58. The number of halogens is 1. The largest absolute Gasteiger partial charge is 0.322 e. The summed E-state index contributed by atoms with van der Waals surface area (Å²) in [6, 6.07) is 0. The molecule has 0 aliphatic carbocycles. The van der Waals surface area contributed by atoms with Gasteiger partial charge < -0.3 is 9.05 Å². The first-order chi connectivity index (χ1) is 5.06. The van der Waals surface area contributed by atoms with E-state index in [0.717, 1.165) is 0 Å². The molecule has 0 bridgehead atoms. The van der Waals surface area contributed by atoms with Crippen LogP contribution in [0.15, 0.2) is 0 Å². The second kappa shape index (κ2) is 6.18. The summed E-state index contributed by atoms with van der Waals surface area (Å²) < 4.78 is 22.4. The van der Waals surface area contributed by atoms with Gasteiger partial charge in [-0.05, 0) is 27.7 Å². The van der Waals surface area contributed by atoms with Crippen molar-refractivity contribution >= 4 is 19.3 Å². The normalized spacial score (nSPS) is 12.0. The highest BCUT2D eigenvalue weighted by atomic mass is 32.7. The summed E-state index contributed by atoms with van der Waals surface area (Å²) in [5.41, 5.74) is 0. The van der Waals surface area contributed by atoms with Gasteiger partial charge in [-0.2, -0.15) is 3.89 Å². The van der Waals surface area contributed by atoms with Crippen LogP contribution in [0.1, 0.15) is 27.7 Å². The van der Waals surface area contributed by atoms with E-state index in [0.29, 0.717) is 0 Å². The van der Waals surface area contributed by atoms with Crippen LogP contribution in [0, 0.1) is 0 Å². The van der Waals surface area contributed by atoms with Crippen LogP contribution in [0.3, 0.4) is 0 Å². The predicted molar refractivity (Wildman–Crippen MR) is 48.1 cm³/mol. The number of rotatable bonds is 5. The van der Waals surface area contributed by atoms with Crippen molar-refractivity contribution < 1.29 is 12.9 Å². The smallest absolute Gasteiger partial charge is 0.272 e. The minimum Gasteiger partial charge on any atom is -0.322 e. The molecule has 0 saturated heterocycles. The maximum atomic E-state index is 12.1. The fraction of sp³-hybridized carbons (Fsp3) is 1.00. The molecular formula is C6H14FO2PS. The van der Waals surface area contributed by atoms with Crippen molar-refractivity contribution in [1.29, 1.82) is 0 Å². The fourth-order valence-electron chi connectivity index (χ4n) is 0.402. The average molecular weight is 200 g/mol. The highest BCUT2D eigenvalue weighted by molar-refractivity contribution is 8.50. The molecule has 5 heteroatoms. The SMILES string of the molecule is CC(C)OP(OC(C)C)SF. The maximum absolute atomic E-state index is 12.1. The summed E-state index contributed by atoms with van der Waals surface area (Å²) in [7, 11) is -1.39. The van der Waals surface area contributed by atoms with Crippen LogP contribution < -0.4 is 0 Å². The summed E-state index contributed by atoms with van der Waals surface area (Å²) in [4.78, 5) is 0. The summed E-state index contributed by atoms with van der Waals surface area (Å²) >= 11 is 0.147. The Labute approximate surface area is 72.8 Å². The monoisotopic (exact) mass is 200 g/mol. The molecule has 0 aromatic rings. The molecule has 0 aromatic carbocycles. The van der Waals surface area contributed by atoms with Crippen LogP contribution in [-0.4, -0.2) is 12.2 Å². The topological polar surface area (TPSA) is 18.5 Å². The van der Waals surface area contributed by atoms with Gasteiger partial charge in [0.1, 0.15) is 11.8 Å². The summed E-state index contributed by atoms with van der Waals surface area (Å²) in [5.74, 6) is 0. The van der Waals surface area contributed by atoms with Gasteiger partial charge in [-0.3, -0.25) is 0 Å². The molecule has 0 aliphatic rings. The van der Waals surface area contributed by atoms with Crippen LogP contribution in [0.2, 0.25) is 0 Å². The summed E-state index contributed by atoms with van der Waals surface area (Å²) in [6.45, 7) is 7.43. The first-order valence-electron chi connectivity index (χ1n) is 3.48. The quantitative estimate of drug-likeness (QED) is 0.630. The third-order valence-electron chi connectivity index (χ3n) is 0.650. The van der Waals surface area contributed by atoms with E-state index in [4.69, 9.17) is 9.05 Å². The van der Waals surface area contributed by atoms with Crippen molar-refractivity contribution in [3.63, 3.8) is 0 Å². The molecule has 2 nitrogen and oxygen atoms in total. The van der Waals surface area contributed by atoms with Crippen LogP contribution >= 0.6 is 19.3 Å². The van der Waals surface area contributed by atoms with E-state index in [9.17, 15) is 3.89 Å². The fourth-order valence-corrected chi connectivity index (χ4v) is 2.43. The van der Waals surface area contributed by atoms with Gasteiger partial charge in [0, 0.05) is 0 Å². The Morgan fingerprint density at radius 3 is 1.64 bits per heavy atom. The van der Waals surface area contributed by atoms with Gasteiger partial charge in [0.05, 0.1) is 12.2 Å². The number of hydrogen-bond donors (Lipinski definition) is 0. The second-order valence-corrected chi connectivity index (χ2v) is 4.92. The van der Waals surface area contributed by atoms with Gasteiger partial charge >= 0.3 is 0 Å². The Morgan fingerprint density at radius 2 is 1.45 bits per heavy atom. The van der Waals surface area contributed by atoms with Crippen LogP contribution in [0.25, 0.3) is 0 Å². The van der Waals surface area contributed by atoms with Crippen molar-refractivity contribution in [1.82, 2.24) is 0 Å². The molecule has 0 fully saturated rings. The first-order valence-corrected chi connectivity index (χ1v) is 5.98. The Bertz CT molecular complexity index is 92.6. The molecule has 11 heavy (non-hydrogen) atoms. The molecule has 0 amide bonds. The lowest BCUT2D eigenvalue weighted by Gasteiger charge is -2.16. The molecule has 68 valence electrons. The Kier molecular flexibility index (Phi) is 6.53. The van der Waals surface area contributed by atoms with E-state index < -0.39 is 7.58 Å². The van der Waals surface area contributed by atoms with Gasteiger partial charge in [0.2, 0.25) is 0 Å². The van der Waals surface area contributed by atoms with Crippen molar-refractivity contribution in [3.8, 4) is 0 Å². The zero-order valence-corrected chi connectivity index (χ0v) is 8.92. The molecule has 0 radical (unpaired) electrons. The lowest BCUT2D eigenvalue weighted by atomic mass is 10.5. The molecule has 0 unspecified atom stereocenters. The highest BCUT2D eigenvalue weighted by Gasteiger charge is 2.15. The van der Waals surface area contributed by atoms with Crippen LogP contribution in [0.5, 0.6) is 0 Å². The minimum absolute atomic E-state index is 0.0168. The van der Waals surface area contributed by atoms with Crippen LogP contribution in [0.4, 0.5) is 3.89 Å². The first kappa shape index (κ1) is 11.6. The molecular weight excluding hydrogens is 186 g/mol. The zero-order chi connectivity index (χ0) is 8.85. The molecule has 0 rings (SSSR count). The van der Waals surface area contributed by atoms with Crippen molar-refractivity contribution in [3.05, 3.63) is 0 Å². The Morgan fingerprint density at radius 1 is 1.09 bits per heavy atom. The lowest BCUT2D eigenvalue weighted by Crippen LogP contribution is -2.02. The van der Waals surface area contributed by atoms with Gasteiger partial charge in [0.15, 0.2) is 0 Å². The predicted octanol–water partition coefficient (Wildman–Crippen LogP) is 3.68. The van der Waals surface area contributed by atoms with E-state index >= 15 is 0 Å². The standard InChI is InChI=1S/C6H14FO2PS/c1-5(2)8-10(11-7)9-6(3)4/h5-6H,1-4H3. The average Bonchev–Trinajstić information content (AvgIpc) is 1.84. The molecule has 0 atom stereocenters. The molecule has 0 spiro atoms. The third kappa shape index (κ3) is 7.01. The van der Waals surface area contributed by atoms with Gasteiger partial charge in [-0.25, -0.2) is 0 Å². The lowest BCUT2D eigenvalue weighted by molar-refractivity contribution is 0.188. The highest BCUT2D eigenvalue weighted by Crippen LogP contribution is 2.54.